The molecule has 3 aromatic rings. The molecule has 114 valence electrons. The van der Waals surface area contributed by atoms with Crippen LogP contribution in [-0.2, 0) is 0 Å². The number of ether oxygens (including phenoxy) is 1. The lowest BCUT2D eigenvalue weighted by Crippen LogP contribution is -2.09. The summed E-state index contributed by atoms with van der Waals surface area (Å²) in [5.41, 5.74) is 3.12. The molecule has 0 atom stereocenters. The number of pyridine rings is 1. The maximum atomic E-state index is 12.4. The molecular formula is C19H14BrNO2. The molecule has 0 aliphatic heterocycles. The number of aromatic nitrogens is 1. The summed E-state index contributed by atoms with van der Waals surface area (Å²) in [7, 11) is 0. The predicted molar refractivity (Wildman–Crippen MR) is 93.5 cm³/mol. The Balaban J connectivity index is 1.96. The highest BCUT2D eigenvalue weighted by molar-refractivity contribution is 9.10. The fraction of sp³-hybridized carbons (Fsp3) is 0.0526. The largest absolute Gasteiger partial charge is 0.422 e. The Bertz CT molecular complexity index is 830. The van der Waals surface area contributed by atoms with E-state index in [9.17, 15) is 4.79 Å². The van der Waals surface area contributed by atoms with Crippen molar-refractivity contribution in [1.82, 2.24) is 4.98 Å². The van der Waals surface area contributed by atoms with Gasteiger partial charge in [-0.05, 0) is 55.0 Å². The van der Waals surface area contributed by atoms with Crippen LogP contribution in [0.5, 0.6) is 5.75 Å². The van der Waals surface area contributed by atoms with Crippen LogP contribution >= 0.6 is 15.9 Å². The number of rotatable bonds is 3. The van der Waals surface area contributed by atoms with Gasteiger partial charge in [0, 0.05) is 16.2 Å². The molecule has 0 saturated carbocycles. The Morgan fingerprint density at radius 3 is 2.48 bits per heavy atom. The molecule has 0 amide bonds. The monoisotopic (exact) mass is 367 g/mol. The molecule has 3 nitrogen and oxygen atoms in total. The second-order valence-electron chi connectivity index (χ2n) is 5.06. The van der Waals surface area contributed by atoms with Crippen LogP contribution in [0, 0.1) is 6.92 Å². The quantitative estimate of drug-likeness (QED) is 0.480. The molecule has 3 rings (SSSR count). The zero-order valence-electron chi connectivity index (χ0n) is 12.5. The molecule has 0 aliphatic rings. The lowest BCUT2D eigenvalue weighted by molar-refractivity contribution is 0.0735. The van der Waals surface area contributed by atoms with Crippen LogP contribution in [0.4, 0.5) is 0 Å². The summed E-state index contributed by atoms with van der Waals surface area (Å²) >= 11 is 3.35. The van der Waals surface area contributed by atoms with Gasteiger partial charge in [-0.25, -0.2) is 4.79 Å². The molecule has 1 heterocycles. The van der Waals surface area contributed by atoms with Crippen molar-refractivity contribution in [3.05, 3.63) is 82.5 Å². The molecule has 0 fully saturated rings. The third kappa shape index (κ3) is 3.48. The molecule has 0 N–H and O–H groups in total. The number of esters is 1. The van der Waals surface area contributed by atoms with E-state index in [1.807, 2.05) is 49.4 Å². The van der Waals surface area contributed by atoms with Crippen molar-refractivity contribution in [3.63, 3.8) is 0 Å². The van der Waals surface area contributed by atoms with Gasteiger partial charge in [0.05, 0.1) is 11.3 Å². The van der Waals surface area contributed by atoms with Crippen LogP contribution < -0.4 is 4.74 Å². The van der Waals surface area contributed by atoms with Crippen molar-refractivity contribution < 1.29 is 9.53 Å². The molecule has 2 aromatic carbocycles. The van der Waals surface area contributed by atoms with Gasteiger partial charge in [0.1, 0.15) is 5.75 Å². The Labute approximate surface area is 143 Å². The minimum Gasteiger partial charge on any atom is -0.422 e. The summed E-state index contributed by atoms with van der Waals surface area (Å²) in [5, 5.41) is 0. The van der Waals surface area contributed by atoms with E-state index in [-0.39, 0.29) is 5.97 Å². The predicted octanol–water partition coefficient (Wildman–Crippen LogP) is 5.04. The standard InChI is InChI=1S/C19H14BrNO2/c1-13-5-4-7-17(18(13)16-6-2-3-12-21-16)23-19(22)14-8-10-15(20)11-9-14/h2-12H,1H3. The normalized spacial score (nSPS) is 10.3. The van der Waals surface area contributed by atoms with E-state index in [0.717, 1.165) is 21.3 Å². The number of hydrogen-bond donors (Lipinski definition) is 0. The number of aryl methyl sites for hydroxylation is 1. The molecule has 0 saturated heterocycles. The summed E-state index contributed by atoms with van der Waals surface area (Å²) < 4.78 is 6.53. The highest BCUT2D eigenvalue weighted by atomic mass is 79.9. The molecule has 0 aliphatic carbocycles. The van der Waals surface area contributed by atoms with Gasteiger partial charge in [-0.3, -0.25) is 4.98 Å². The van der Waals surface area contributed by atoms with Gasteiger partial charge in [-0.1, -0.05) is 34.1 Å². The van der Waals surface area contributed by atoms with Crippen LogP contribution in [-0.4, -0.2) is 11.0 Å². The summed E-state index contributed by atoms with van der Waals surface area (Å²) in [6, 6.07) is 18.4. The van der Waals surface area contributed by atoms with Crippen molar-refractivity contribution in [2.24, 2.45) is 0 Å². The average Bonchev–Trinajstić information content (AvgIpc) is 2.56. The van der Waals surface area contributed by atoms with Crippen molar-refractivity contribution in [1.29, 1.82) is 0 Å². The summed E-state index contributed by atoms with van der Waals surface area (Å²) in [4.78, 5) is 16.7. The molecule has 4 heteroatoms. The smallest absolute Gasteiger partial charge is 0.343 e. The Kier molecular flexibility index (Phi) is 4.53. The number of nitrogens with zero attached hydrogens (tertiary/aromatic N) is 1. The van der Waals surface area contributed by atoms with Crippen LogP contribution in [0.25, 0.3) is 11.3 Å². The number of carbonyl (C=O) groups excluding carboxylic acids is 1. The highest BCUT2D eigenvalue weighted by Gasteiger charge is 2.15. The van der Waals surface area contributed by atoms with Gasteiger partial charge < -0.3 is 4.74 Å². The Morgan fingerprint density at radius 2 is 1.78 bits per heavy atom. The zero-order chi connectivity index (χ0) is 16.2. The molecule has 0 spiro atoms. The number of benzene rings is 2. The second kappa shape index (κ2) is 6.75. The van der Waals surface area contributed by atoms with E-state index in [2.05, 4.69) is 20.9 Å². The fourth-order valence-corrected chi connectivity index (χ4v) is 2.57. The Hall–Kier alpha value is -2.46. The van der Waals surface area contributed by atoms with Gasteiger partial charge in [-0.15, -0.1) is 0 Å². The van der Waals surface area contributed by atoms with E-state index < -0.39 is 0 Å². The summed E-state index contributed by atoms with van der Waals surface area (Å²) in [6.45, 7) is 1.97. The fourth-order valence-electron chi connectivity index (χ4n) is 2.31. The van der Waals surface area contributed by atoms with E-state index in [0.29, 0.717) is 11.3 Å². The lowest BCUT2D eigenvalue weighted by atomic mass is 10.0. The number of carbonyl (C=O) groups is 1. The van der Waals surface area contributed by atoms with Gasteiger partial charge in [0.2, 0.25) is 0 Å². The van der Waals surface area contributed by atoms with Crippen LogP contribution in [0.2, 0.25) is 0 Å². The number of hydrogen-bond acceptors (Lipinski definition) is 3. The lowest BCUT2D eigenvalue weighted by Gasteiger charge is -2.12. The minimum atomic E-state index is -0.389. The Morgan fingerprint density at radius 1 is 1.00 bits per heavy atom. The summed E-state index contributed by atoms with van der Waals surface area (Å²) in [6.07, 6.45) is 1.72. The third-order valence-electron chi connectivity index (χ3n) is 3.44. The van der Waals surface area contributed by atoms with E-state index >= 15 is 0 Å². The van der Waals surface area contributed by atoms with Crippen LogP contribution in [0.1, 0.15) is 15.9 Å². The number of halogens is 1. The molecule has 0 bridgehead atoms. The van der Waals surface area contributed by atoms with E-state index in [4.69, 9.17) is 4.74 Å². The molecule has 1 aromatic heterocycles. The first kappa shape index (κ1) is 15.4. The second-order valence-corrected chi connectivity index (χ2v) is 5.98. The molecule has 0 unspecified atom stereocenters. The first-order valence-corrected chi connectivity index (χ1v) is 7.93. The first-order chi connectivity index (χ1) is 11.1. The van der Waals surface area contributed by atoms with Crippen molar-refractivity contribution in [2.75, 3.05) is 0 Å². The maximum absolute atomic E-state index is 12.4. The first-order valence-electron chi connectivity index (χ1n) is 7.14. The molecular weight excluding hydrogens is 354 g/mol. The maximum Gasteiger partial charge on any atom is 0.343 e. The molecule has 0 radical (unpaired) electrons. The van der Waals surface area contributed by atoms with Crippen molar-refractivity contribution in [3.8, 4) is 17.0 Å². The minimum absolute atomic E-state index is 0.389. The van der Waals surface area contributed by atoms with Gasteiger partial charge in [0.25, 0.3) is 0 Å². The molecule has 23 heavy (non-hydrogen) atoms. The average molecular weight is 368 g/mol. The third-order valence-corrected chi connectivity index (χ3v) is 3.97. The van der Waals surface area contributed by atoms with Crippen molar-refractivity contribution in [2.45, 2.75) is 6.92 Å². The van der Waals surface area contributed by atoms with E-state index in [1.54, 1.807) is 24.4 Å². The zero-order valence-corrected chi connectivity index (χ0v) is 14.1. The SMILES string of the molecule is Cc1cccc(OC(=O)c2ccc(Br)cc2)c1-c1ccccn1. The van der Waals surface area contributed by atoms with Gasteiger partial charge >= 0.3 is 5.97 Å². The van der Waals surface area contributed by atoms with Crippen LogP contribution in [0.3, 0.4) is 0 Å². The highest BCUT2D eigenvalue weighted by Crippen LogP contribution is 2.32. The van der Waals surface area contributed by atoms with Gasteiger partial charge in [0.15, 0.2) is 0 Å². The summed E-state index contributed by atoms with van der Waals surface area (Å²) in [5.74, 6) is 0.122. The van der Waals surface area contributed by atoms with E-state index in [1.165, 1.54) is 0 Å². The topological polar surface area (TPSA) is 39.2 Å². The van der Waals surface area contributed by atoms with Gasteiger partial charge in [-0.2, -0.15) is 0 Å². The van der Waals surface area contributed by atoms with Crippen molar-refractivity contribution >= 4 is 21.9 Å². The van der Waals surface area contributed by atoms with Crippen LogP contribution in [0.15, 0.2) is 71.3 Å².